The van der Waals surface area contributed by atoms with Crippen molar-refractivity contribution < 1.29 is 9.90 Å². The van der Waals surface area contributed by atoms with Crippen LogP contribution in [-0.2, 0) is 4.79 Å². The molecule has 0 aromatic rings. The third-order valence-corrected chi connectivity index (χ3v) is 1.95. The molecule has 3 N–H and O–H groups in total. The van der Waals surface area contributed by atoms with Crippen molar-refractivity contribution in [3.8, 4) is 0 Å². The van der Waals surface area contributed by atoms with Gasteiger partial charge in [-0.05, 0) is 32.1 Å². The summed E-state index contributed by atoms with van der Waals surface area (Å²) >= 11 is 0. The molecule has 13 heavy (non-hydrogen) atoms. The monoisotopic (exact) mass is 187 g/mol. The summed E-state index contributed by atoms with van der Waals surface area (Å²) < 4.78 is 0. The smallest absolute Gasteiger partial charge is 0.303 e. The van der Waals surface area contributed by atoms with Gasteiger partial charge in [-0.15, -0.1) is 0 Å². The van der Waals surface area contributed by atoms with E-state index in [2.05, 4.69) is 13.8 Å². The third-order valence-electron chi connectivity index (χ3n) is 1.95. The van der Waals surface area contributed by atoms with Gasteiger partial charge in [0.15, 0.2) is 0 Å². The predicted molar refractivity (Wildman–Crippen MR) is 53.5 cm³/mol. The molecule has 0 atom stereocenters. The molecule has 0 rings (SSSR count). The average Bonchev–Trinajstić information content (AvgIpc) is 1.78. The summed E-state index contributed by atoms with van der Waals surface area (Å²) in [5.74, 6) is -0.733. The normalized spacial score (nSPS) is 13.0. The van der Waals surface area contributed by atoms with Crippen LogP contribution >= 0.6 is 0 Å². The zero-order valence-electron chi connectivity index (χ0n) is 9.05. The number of rotatable bonds is 5. The Morgan fingerprint density at radius 3 is 2.08 bits per heavy atom. The first-order chi connectivity index (χ1) is 5.62. The van der Waals surface area contributed by atoms with Crippen LogP contribution < -0.4 is 5.73 Å². The fourth-order valence-electron chi connectivity index (χ4n) is 1.77. The molecule has 0 aromatic carbocycles. The lowest BCUT2D eigenvalue weighted by Gasteiger charge is -2.31. The summed E-state index contributed by atoms with van der Waals surface area (Å²) in [7, 11) is 0. The molecule has 0 heterocycles. The van der Waals surface area contributed by atoms with E-state index in [1.54, 1.807) is 0 Å². The lowest BCUT2D eigenvalue weighted by Crippen LogP contribution is -2.37. The van der Waals surface area contributed by atoms with Crippen LogP contribution in [0.4, 0.5) is 0 Å². The van der Waals surface area contributed by atoms with Gasteiger partial charge in [0.2, 0.25) is 0 Å². The molecular formula is C10H21NO2. The molecule has 0 aliphatic carbocycles. The van der Waals surface area contributed by atoms with E-state index >= 15 is 0 Å². The van der Waals surface area contributed by atoms with Crippen LogP contribution in [0.25, 0.3) is 0 Å². The molecule has 0 spiro atoms. The Kier molecular flexibility index (Phi) is 3.91. The summed E-state index contributed by atoms with van der Waals surface area (Å²) in [5, 5.41) is 8.54. The van der Waals surface area contributed by atoms with Crippen LogP contribution in [0.1, 0.15) is 47.0 Å². The number of nitrogens with two attached hydrogens (primary N) is 1. The number of carboxylic acids is 1. The van der Waals surface area contributed by atoms with Crippen LogP contribution in [0.2, 0.25) is 0 Å². The maximum Gasteiger partial charge on any atom is 0.303 e. The van der Waals surface area contributed by atoms with E-state index in [0.717, 1.165) is 6.42 Å². The first kappa shape index (κ1) is 12.4. The lowest BCUT2D eigenvalue weighted by molar-refractivity contribution is -0.137. The Hall–Kier alpha value is -0.570. The van der Waals surface area contributed by atoms with Gasteiger partial charge in [-0.25, -0.2) is 0 Å². The van der Waals surface area contributed by atoms with Gasteiger partial charge >= 0.3 is 5.97 Å². The van der Waals surface area contributed by atoms with Crippen molar-refractivity contribution in [2.75, 3.05) is 0 Å². The maximum absolute atomic E-state index is 10.4. The minimum Gasteiger partial charge on any atom is -0.481 e. The highest BCUT2D eigenvalue weighted by Gasteiger charge is 2.26. The van der Waals surface area contributed by atoms with Crippen molar-refractivity contribution in [2.45, 2.75) is 52.5 Å². The van der Waals surface area contributed by atoms with Crippen molar-refractivity contribution in [1.29, 1.82) is 0 Å². The van der Waals surface area contributed by atoms with Crippen LogP contribution in [0.5, 0.6) is 0 Å². The lowest BCUT2D eigenvalue weighted by atomic mass is 9.77. The Bertz CT molecular complexity index is 180. The molecule has 0 amide bonds. The minimum absolute atomic E-state index is 0.0106. The summed E-state index contributed by atoms with van der Waals surface area (Å²) in [5.41, 5.74) is 5.67. The van der Waals surface area contributed by atoms with Gasteiger partial charge < -0.3 is 10.8 Å². The van der Waals surface area contributed by atoms with Crippen molar-refractivity contribution in [3.63, 3.8) is 0 Å². The van der Waals surface area contributed by atoms with E-state index in [4.69, 9.17) is 10.8 Å². The van der Waals surface area contributed by atoms with Gasteiger partial charge in [0.1, 0.15) is 0 Å². The number of hydrogen-bond acceptors (Lipinski definition) is 2. The molecule has 0 aliphatic heterocycles. The second-order valence-corrected chi connectivity index (χ2v) is 5.22. The highest BCUT2D eigenvalue weighted by Crippen LogP contribution is 2.31. The first-order valence-corrected chi connectivity index (χ1v) is 4.63. The van der Waals surface area contributed by atoms with Crippen LogP contribution in [-0.4, -0.2) is 16.6 Å². The molecule has 0 radical (unpaired) electrons. The molecule has 0 aliphatic rings. The summed E-state index contributed by atoms with van der Waals surface area (Å²) in [6.07, 6.45) is 1.75. The summed E-state index contributed by atoms with van der Waals surface area (Å²) in [6.45, 7) is 8.06. The highest BCUT2D eigenvalue weighted by molar-refractivity contribution is 5.66. The third kappa shape index (κ3) is 7.78. The molecule has 0 saturated carbocycles. The SMILES string of the molecule is CC(C)(N)CC(C)(C)CCC(=O)O. The van der Waals surface area contributed by atoms with E-state index < -0.39 is 5.97 Å². The fourth-order valence-corrected chi connectivity index (χ4v) is 1.77. The molecule has 0 saturated heterocycles. The van der Waals surface area contributed by atoms with Crippen LogP contribution in [0, 0.1) is 5.41 Å². The Morgan fingerprint density at radius 1 is 1.31 bits per heavy atom. The zero-order chi connectivity index (χ0) is 10.7. The standard InChI is InChI=1S/C10H21NO2/c1-9(2,6-5-8(12)13)7-10(3,4)11/h5-7,11H2,1-4H3,(H,12,13). The van der Waals surface area contributed by atoms with Gasteiger partial charge in [-0.3, -0.25) is 4.79 Å². The molecule has 3 heteroatoms. The minimum atomic E-state index is -0.733. The molecule has 0 fully saturated rings. The van der Waals surface area contributed by atoms with Crippen molar-refractivity contribution in [3.05, 3.63) is 0 Å². The molecular weight excluding hydrogens is 166 g/mol. The van der Waals surface area contributed by atoms with Crippen molar-refractivity contribution >= 4 is 5.97 Å². The van der Waals surface area contributed by atoms with E-state index in [-0.39, 0.29) is 17.4 Å². The second kappa shape index (κ2) is 4.09. The molecule has 0 aromatic heterocycles. The van der Waals surface area contributed by atoms with Gasteiger partial charge in [-0.2, -0.15) is 0 Å². The molecule has 0 bridgehead atoms. The summed E-state index contributed by atoms with van der Waals surface area (Å²) in [6, 6.07) is 0. The fraction of sp³-hybridized carbons (Fsp3) is 0.900. The number of hydrogen-bond donors (Lipinski definition) is 2. The predicted octanol–water partition coefficient (Wildman–Crippen LogP) is 2.00. The Balaban J connectivity index is 4.01. The molecule has 78 valence electrons. The van der Waals surface area contributed by atoms with Gasteiger partial charge in [0.25, 0.3) is 0 Å². The number of aliphatic carboxylic acids is 1. The topological polar surface area (TPSA) is 63.3 Å². The molecule has 0 unspecified atom stereocenters. The average molecular weight is 187 g/mol. The van der Waals surface area contributed by atoms with Crippen LogP contribution in [0.3, 0.4) is 0 Å². The summed E-state index contributed by atoms with van der Waals surface area (Å²) in [4.78, 5) is 10.4. The Labute approximate surface area is 80.3 Å². The Morgan fingerprint density at radius 2 is 1.77 bits per heavy atom. The highest BCUT2D eigenvalue weighted by atomic mass is 16.4. The van der Waals surface area contributed by atoms with Gasteiger partial charge in [-0.1, -0.05) is 13.8 Å². The van der Waals surface area contributed by atoms with Crippen LogP contribution in [0.15, 0.2) is 0 Å². The number of carboxylic acid groups (broad SMARTS) is 1. The zero-order valence-corrected chi connectivity index (χ0v) is 9.05. The van der Waals surface area contributed by atoms with E-state index in [9.17, 15) is 4.79 Å². The van der Waals surface area contributed by atoms with Crippen molar-refractivity contribution in [1.82, 2.24) is 0 Å². The van der Waals surface area contributed by atoms with Gasteiger partial charge in [0, 0.05) is 12.0 Å². The molecule has 3 nitrogen and oxygen atoms in total. The maximum atomic E-state index is 10.4. The second-order valence-electron chi connectivity index (χ2n) is 5.22. The van der Waals surface area contributed by atoms with E-state index in [1.165, 1.54) is 0 Å². The number of carbonyl (C=O) groups is 1. The van der Waals surface area contributed by atoms with E-state index in [0.29, 0.717) is 6.42 Å². The van der Waals surface area contributed by atoms with Crippen molar-refractivity contribution in [2.24, 2.45) is 11.1 Å². The van der Waals surface area contributed by atoms with Gasteiger partial charge in [0.05, 0.1) is 0 Å². The first-order valence-electron chi connectivity index (χ1n) is 4.63. The van der Waals surface area contributed by atoms with E-state index in [1.807, 2.05) is 13.8 Å². The quantitative estimate of drug-likeness (QED) is 0.692. The largest absolute Gasteiger partial charge is 0.481 e.